The van der Waals surface area contributed by atoms with Crippen LogP contribution in [0.15, 0.2) is 85.2 Å². The van der Waals surface area contributed by atoms with Crippen molar-refractivity contribution in [2.45, 2.75) is 6.16 Å². The zero-order chi connectivity index (χ0) is 14.5. The first kappa shape index (κ1) is 13.8. The zero-order valence-electron chi connectivity index (χ0n) is 11.6. The average molecular weight is 293 g/mol. The SMILES string of the molecule is [O-][n+]1ccc(CP(c2ccccc2)c2ccccc2)cc1. The minimum Gasteiger partial charge on any atom is -0.619 e. The summed E-state index contributed by atoms with van der Waals surface area (Å²) in [5.41, 5.74) is 1.20. The Kier molecular flexibility index (Phi) is 4.28. The number of aromatic nitrogens is 1. The number of rotatable bonds is 4. The van der Waals surface area contributed by atoms with E-state index in [9.17, 15) is 5.21 Å². The Labute approximate surface area is 126 Å². The molecule has 0 aliphatic rings. The molecule has 1 aromatic heterocycles. The van der Waals surface area contributed by atoms with Crippen LogP contribution in [0.25, 0.3) is 0 Å². The standard InChI is InChI=1S/C18H16NOP/c20-19-13-11-16(12-14-19)15-21(17-7-3-1-4-8-17)18-9-5-2-6-10-18/h1-14H,15H2. The molecule has 0 saturated heterocycles. The minimum atomic E-state index is -0.448. The van der Waals surface area contributed by atoms with E-state index in [1.54, 1.807) is 12.4 Å². The van der Waals surface area contributed by atoms with Crippen molar-refractivity contribution < 1.29 is 4.73 Å². The number of benzene rings is 2. The maximum absolute atomic E-state index is 11.2. The van der Waals surface area contributed by atoms with Crippen LogP contribution < -0.4 is 15.3 Å². The van der Waals surface area contributed by atoms with E-state index in [-0.39, 0.29) is 0 Å². The molecular formula is C18H16NOP. The Balaban J connectivity index is 1.95. The van der Waals surface area contributed by atoms with Gasteiger partial charge in [0.1, 0.15) is 0 Å². The fraction of sp³-hybridized carbons (Fsp3) is 0.0556. The second-order valence-corrected chi connectivity index (χ2v) is 7.03. The topological polar surface area (TPSA) is 26.9 Å². The highest BCUT2D eigenvalue weighted by Crippen LogP contribution is 2.37. The Morgan fingerprint density at radius 3 is 1.67 bits per heavy atom. The third-order valence-electron chi connectivity index (χ3n) is 3.35. The molecule has 21 heavy (non-hydrogen) atoms. The molecule has 104 valence electrons. The van der Waals surface area contributed by atoms with E-state index >= 15 is 0 Å². The maximum atomic E-state index is 11.2. The van der Waals surface area contributed by atoms with Crippen LogP contribution in [0.1, 0.15) is 5.56 Å². The van der Waals surface area contributed by atoms with Gasteiger partial charge in [0.25, 0.3) is 0 Å². The highest BCUT2D eigenvalue weighted by molar-refractivity contribution is 7.72. The molecule has 0 N–H and O–H groups in total. The van der Waals surface area contributed by atoms with Gasteiger partial charge in [0, 0.05) is 18.3 Å². The first-order valence-electron chi connectivity index (χ1n) is 6.88. The lowest BCUT2D eigenvalue weighted by atomic mass is 10.3. The summed E-state index contributed by atoms with van der Waals surface area (Å²) < 4.78 is 0.830. The lowest BCUT2D eigenvalue weighted by Crippen LogP contribution is -2.24. The van der Waals surface area contributed by atoms with E-state index in [2.05, 4.69) is 48.5 Å². The van der Waals surface area contributed by atoms with Crippen LogP contribution >= 0.6 is 7.92 Å². The number of nitrogens with zero attached hydrogens (tertiary/aromatic N) is 1. The second-order valence-electron chi connectivity index (χ2n) is 4.82. The molecule has 0 fully saturated rings. The van der Waals surface area contributed by atoms with Crippen LogP contribution in [0.5, 0.6) is 0 Å². The molecule has 0 saturated carbocycles. The third kappa shape index (κ3) is 3.48. The van der Waals surface area contributed by atoms with E-state index in [0.717, 1.165) is 10.9 Å². The molecule has 3 aromatic rings. The Morgan fingerprint density at radius 1 is 0.714 bits per heavy atom. The molecule has 3 heteroatoms. The molecule has 0 atom stereocenters. The van der Waals surface area contributed by atoms with E-state index in [1.807, 2.05) is 24.3 Å². The molecule has 2 aromatic carbocycles. The summed E-state index contributed by atoms with van der Waals surface area (Å²) in [6.07, 6.45) is 4.09. The smallest absolute Gasteiger partial charge is 0.180 e. The van der Waals surface area contributed by atoms with Gasteiger partial charge in [0.15, 0.2) is 12.4 Å². The average Bonchev–Trinajstić information content (AvgIpc) is 2.56. The number of hydrogen-bond donors (Lipinski definition) is 0. The van der Waals surface area contributed by atoms with Gasteiger partial charge in [-0.15, -0.1) is 0 Å². The molecule has 0 aliphatic carbocycles. The summed E-state index contributed by atoms with van der Waals surface area (Å²) >= 11 is 0. The summed E-state index contributed by atoms with van der Waals surface area (Å²) in [4.78, 5) is 0. The van der Waals surface area contributed by atoms with E-state index in [1.165, 1.54) is 16.2 Å². The van der Waals surface area contributed by atoms with Crippen molar-refractivity contribution in [2.75, 3.05) is 0 Å². The van der Waals surface area contributed by atoms with Crippen molar-refractivity contribution in [3.63, 3.8) is 0 Å². The lowest BCUT2D eigenvalue weighted by Gasteiger charge is -2.18. The van der Waals surface area contributed by atoms with Crippen molar-refractivity contribution in [3.8, 4) is 0 Å². The first-order valence-corrected chi connectivity index (χ1v) is 8.41. The number of hydrogen-bond acceptors (Lipinski definition) is 1. The molecule has 1 heterocycles. The molecular weight excluding hydrogens is 277 g/mol. The monoisotopic (exact) mass is 293 g/mol. The quantitative estimate of drug-likeness (QED) is 0.413. The van der Waals surface area contributed by atoms with Crippen LogP contribution in [0.4, 0.5) is 0 Å². The van der Waals surface area contributed by atoms with Crippen molar-refractivity contribution >= 4 is 18.5 Å². The Morgan fingerprint density at radius 2 is 1.19 bits per heavy atom. The minimum absolute atomic E-state index is 0.448. The van der Waals surface area contributed by atoms with E-state index < -0.39 is 7.92 Å². The maximum Gasteiger partial charge on any atom is 0.180 e. The molecule has 0 amide bonds. The predicted molar refractivity (Wildman–Crippen MR) is 88.2 cm³/mol. The summed E-state index contributed by atoms with van der Waals surface area (Å²) in [6, 6.07) is 25.0. The van der Waals surface area contributed by atoms with Crippen LogP contribution in [0.3, 0.4) is 0 Å². The summed E-state index contributed by atoms with van der Waals surface area (Å²) in [7, 11) is -0.448. The zero-order valence-corrected chi connectivity index (χ0v) is 12.5. The summed E-state index contributed by atoms with van der Waals surface area (Å²) in [6.45, 7) is 0. The largest absolute Gasteiger partial charge is 0.619 e. The summed E-state index contributed by atoms with van der Waals surface area (Å²) in [5.74, 6) is 0. The molecule has 3 rings (SSSR count). The van der Waals surface area contributed by atoms with Gasteiger partial charge >= 0.3 is 0 Å². The van der Waals surface area contributed by atoms with Gasteiger partial charge < -0.3 is 5.21 Å². The van der Waals surface area contributed by atoms with Crippen molar-refractivity contribution in [2.24, 2.45) is 0 Å². The Hall–Kier alpha value is -2.18. The van der Waals surface area contributed by atoms with Crippen molar-refractivity contribution in [1.29, 1.82) is 0 Å². The van der Waals surface area contributed by atoms with Crippen molar-refractivity contribution in [3.05, 3.63) is 96.0 Å². The van der Waals surface area contributed by atoms with Gasteiger partial charge in [-0.1, -0.05) is 60.7 Å². The molecule has 2 nitrogen and oxygen atoms in total. The first-order chi connectivity index (χ1) is 10.3. The second kappa shape index (κ2) is 6.51. The molecule has 0 spiro atoms. The van der Waals surface area contributed by atoms with Crippen LogP contribution in [-0.2, 0) is 6.16 Å². The van der Waals surface area contributed by atoms with Crippen molar-refractivity contribution in [1.82, 2.24) is 0 Å². The van der Waals surface area contributed by atoms with E-state index in [0.29, 0.717) is 0 Å². The van der Waals surface area contributed by atoms with Crippen LogP contribution in [-0.4, -0.2) is 0 Å². The van der Waals surface area contributed by atoms with Gasteiger partial charge in [0.05, 0.1) is 0 Å². The predicted octanol–water partition coefficient (Wildman–Crippen LogP) is 2.95. The lowest BCUT2D eigenvalue weighted by molar-refractivity contribution is -0.605. The molecule has 0 radical (unpaired) electrons. The molecule has 0 aliphatic heterocycles. The highest BCUT2D eigenvalue weighted by atomic mass is 31.1. The van der Waals surface area contributed by atoms with Gasteiger partial charge in [0.2, 0.25) is 0 Å². The van der Waals surface area contributed by atoms with Gasteiger partial charge in [-0.05, 0) is 24.1 Å². The molecule has 0 unspecified atom stereocenters. The fourth-order valence-electron chi connectivity index (χ4n) is 2.28. The third-order valence-corrected chi connectivity index (χ3v) is 5.87. The van der Waals surface area contributed by atoms with E-state index in [4.69, 9.17) is 0 Å². The summed E-state index contributed by atoms with van der Waals surface area (Å²) in [5, 5.41) is 13.9. The van der Waals surface area contributed by atoms with Gasteiger partial charge in [-0.3, -0.25) is 0 Å². The number of pyridine rings is 1. The Bertz CT molecular complexity index is 644. The molecule has 0 bridgehead atoms. The van der Waals surface area contributed by atoms with Gasteiger partial charge in [-0.2, -0.15) is 4.73 Å². The fourth-order valence-corrected chi connectivity index (χ4v) is 4.58. The van der Waals surface area contributed by atoms with Crippen LogP contribution in [0.2, 0.25) is 0 Å². The normalized spacial score (nSPS) is 10.7. The van der Waals surface area contributed by atoms with Crippen LogP contribution in [0, 0.1) is 5.21 Å². The highest BCUT2D eigenvalue weighted by Gasteiger charge is 2.14. The van der Waals surface area contributed by atoms with Gasteiger partial charge in [-0.25, -0.2) is 0 Å².